The number of aliphatic carboxylic acids is 1. The molecule has 2 saturated heterocycles. The van der Waals surface area contributed by atoms with Crippen LogP contribution in [0.3, 0.4) is 0 Å². The van der Waals surface area contributed by atoms with Crippen molar-refractivity contribution in [2.45, 2.75) is 45.6 Å². The molecular formula is C15H26N2O3. The summed E-state index contributed by atoms with van der Waals surface area (Å²) in [7, 11) is 0. The van der Waals surface area contributed by atoms with E-state index in [0.29, 0.717) is 19.0 Å². The highest BCUT2D eigenvalue weighted by molar-refractivity contribution is 5.80. The molecule has 0 radical (unpaired) electrons. The number of hydrogen-bond donors (Lipinski definition) is 1. The Morgan fingerprint density at radius 1 is 1.05 bits per heavy atom. The van der Waals surface area contributed by atoms with Crippen LogP contribution in [-0.2, 0) is 9.59 Å². The number of hydrogen-bond acceptors (Lipinski definition) is 3. The van der Waals surface area contributed by atoms with E-state index >= 15 is 0 Å². The van der Waals surface area contributed by atoms with Crippen LogP contribution in [0.2, 0.25) is 0 Å². The van der Waals surface area contributed by atoms with Gasteiger partial charge in [-0.15, -0.1) is 0 Å². The smallest absolute Gasteiger partial charge is 0.308 e. The topological polar surface area (TPSA) is 60.9 Å². The van der Waals surface area contributed by atoms with Crippen LogP contribution < -0.4 is 0 Å². The average molecular weight is 282 g/mol. The lowest BCUT2D eigenvalue weighted by Crippen LogP contribution is -2.50. The van der Waals surface area contributed by atoms with Gasteiger partial charge in [-0.25, -0.2) is 0 Å². The van der Waals surface area contributed by atoms with Crippen LogP contribution in [0.15, 0.2) is 0 Å². The summed E-state index contributed by atoms with van der Waals surface area (Å²) in [5.74, 6) is -0.924. The minimum absolute atomic E-state index is 0.0543. The van der Waals surface area contributed by atoms with Gasteiger partial charge in [0.2, 0.25) is 5.91 Å². The first-order valence-corrected chi connectivity index (χ1v) is 7.74. The average Bonchev–Trinajstić information content (AvgIpc) is 2.46. The van der Waals surface area contributed by atoms with Gasteiger partial charge >= 0.3 is 5.97 Å². The number of likely N-dealkylation sites (tertiary alicyclic amines) is 2. The second-order valence-electron chi connectivity index (χ2n) is 6.39. The monoisotopic (exact) mass is 282 g/mol. The maximum atomic E-state index is 12.6. The van der Waals surface area contributed by atoms with Gasteiger partial charge in [0.25, 0.3) is 0 Å². The first kappa shape index (κ1) is 15.3. The quantitative estimate of drug-likeness (QED) is 0.850. The van der Waals surface area contributed by atoms with E-state index < -0.39 is 5.97 Å². The zero-order valence-electron chi connectivity index (χ0n) is 12.5. The number of nitrogens with zero attached hydrogens (tertiary/aromatic N) is 2. The molecule has 0 aromatic heterocycles. The van der Waals surface area contributed by atoms with Gasteiger partial charge in [0.15, 0.2) is 0 Å². The highest BCUT2D eigenvalue weighted by Crippen LogP contribution is 2.24. The highest BCUT2D eigenvalue weighted by Gasteiger charge is 2.34. The van der Waals surface area contributed by atoms with Crippen LogP contribution in [0.1, 0.15) is 39.5 Å². The molecular weight excluding hydrogens is 256 g/mol. The van der Waals surface area contributed by atoms with Crippen LogP contribution in [0, 0.1) is 11.8 Å². The fraction of sp³-hybridized carbons (Fsp3) is 0.867. The standard InChI is InChI=1S/C15H26N2O3/c1-11(2)16-7-3-5-12(9-16)14(18)17-8-4-6-13(10-17)15(19)20/h11-13H,3-10H2,1-2H3,(H,19,20)/t12-,13+/m1/s1. The number of carbonyl (C=O) groups excluding carboxylic acids is 1. The van der Waals surface area contributed by atoms with Crippen LogP contribution in [0.4, 0.5) is 0 Å². The van der Waals surface area contributed by atoms with Crippen molar-refractivity contribution in [3.63, 3.8) is 0 Å². The third kappa shape index (κ3) is 3.51. The molecule has 5 nitrogen and oxygen atoms in total. The number of carbonyl (C=O) groups is 2. The molecule has 2 fully saturated rings. The predicted octanol–water partition coefficient (Wildman–Crippen LogP) is 1.43. The van der Waals surface area contributed by atoms with Crippen molar-refractivity contribution in [3.8, 4) is 0 Å². The number of carboxylic acid groups (broad SMARTS) is 1. The molecule has 2 rings (SSSR count). The summed E-state index contributed by atoms with van der Waals surface area (Å²) in [6, 6.07) is 0.471. The molecule has 2 aliphatic heterocycles. The molecule has 1 amide bonds. The lowest BCUT2D eigenvalue weighted by Gasteiger charge is -2.38. The van der Waals surface area contributed by atoms with E-state index in [2.05, 4.69) is 18.7 Å². The number of piperidine rings is 2. The summed E-state index contributed by atoms with van der Waals surface area (Å²) >= 11 is 0. The number of carboxylic acids is 1. The maximum absolute atomic E-state index is 12.6. The molecule has 0 aliphatic carbocycles. The highest BCUT2D eigenvalue weighted by atomic mass is 16.4. The predicted molar refractivity (Wildman–Crippen MR) is 76.4 cm³/mol. The largest absolute Gasteiger partial charge is 0.481 e. The van der Waals surface area contributed by atoms with E-state index in [0.717, 1.165) is 38.9 Å². The van der Waals surface area contributed by atoms with Crippen LogP contribution in [0.5, 0.6) is 0 Å². The van der Waals surface area contributed by atoms with Gasteiger partial charge in [-0.1, -0.05) is 0 Å². The fourth-order valence-electron chi connectivity index (χ4n) is 3.31. The molecule has 2 atom stereocenters. The molecule has 20 heavy (non-hydrogen) atoms. The van der Waals surface area contributed by atoms with Crippen molar-refractivity contribution >= 4 is 11.9 Å². The number of rotatable bonds is 3. The molecule has 2 heterocycles. The summed E-state index contributed by atoms with van der Waals surface area (Å²) in [6.45, 7) is 7.33. The Balaban J connectivity index is 1.94. The van der Waals surface area contributed by atoms with Crippen molar-refractivity contribution in [1.29, 1.82) is 0 Å². The second kappa shape index (κ2) is 6.57. The molecule has 5 heteroatoms. The summed E-state index contributed by atoms with van der Waals surface area (Å²) in [5, 5.41) is 9.12. The second-order valence-corrected chi connectivity index (χ2v) is 6.39. The molecule has 0 bridgehead atoms. The zero-order chi connectivity index (χ0) is 14.7. The first-order valence-electron chi connectivity index (χ1n) is 7.74. The van der Waals surface area contributed by atoms with Gasteiger partial charge in [-0.2, -0.15) is 0 Å². The fourth-order valence-corrected chi connectivity index (χ4v) is 3.31. The van der Waals surface area contributed by atoms with Gasteiger partial charge in [-0.05, 0) is 46.1 Å². The molecule has 0 spiro atoms. The van der Waals surface area contributed by atoms with E-state index in [9.17, 15) is 9.59 Å². The van der Waals surface area contributed by atoms with Gasteiger partial charge in [-0.3, -0.25) is 9.59 Å². The first-order chi connectivity index (χ1) is 9.49. The zero-order valence-corrected chi connectivity index (χ0v) is 12.5. The minimum Gasteiger partial charge on any atom is -0.481 e. The molecule has 0 aromatic carbocycles. The van der Waals surface area contributed by atoms with E-state index in [4.69, 9.17) is 5.11 Å². The van der Waals surface area contributed by atoms with E-state index in [1.165, 1.54) is 0 Å². The Kier molecular flexibility index (Phi) is 5.02. The van der Waals surface area contributed by atoms with Crippen molar-refractivity contribution in [1.82, 2.24) is 9.80 Å². The normalized spacial score (nSPS) is 28.6. The van der Waals surface area contributed by atoms with Crippen LogP contribution in [-0.4, -0.2) is 59.0 Å². The maximum Gasteiger partial charge on any atom is 0.308 e. The molecule has 0 saturated carbocycles. The van der Waals surface area contributed by atoms with Crippen molar-refractivity contribution in [3.05, 3.63) is 0 Å². The SMILES string of the molecule is CC(C)N1CCC[C@@H](C(=O)N2CCC[C@H](C(=O)O)C2)C1. The van der Waals surface area contributed by atoms with Gasteiger partial charge < -0.3 is 14.9 Å². The summed E-state index contributed by atoms with van der Waals surface area (Å²) in [6.07, 6.45) is 3.51. The van der Waals surface area contributed by atoms with E-state index in [-0.39, 0.29) is 17.7 Å². The van der Waals surface area contributed by atoms with Gasteiger partial charge in [0.1, 0.15) is 0 Å². The number of amides is 1. The van der Waals surface area contributed by atoms with Crippen molar-refractivity contribution < 1.29 is 14.7 Å². The lowest BCUT2D eigenvalue weighted by atomic mass is 9.92. The molecule has 1 N–H and O–H groups in total. The Labute approximate surface area is 120 Å². The van der Waals surface area contributed by atoms with Crippen molar-refractivity contribution in [2.75, 3.05) is 26.2 Å². The lowest BCUT2D eigenvalue weighted by molar-refractivity contribution is -0.147. The Morgan fingerprint density at radius 2 is 1.70 bits per heavy atom. The van der Waals surface area contributed by atoms with Gasteiger partial charge in [0.05, 0.1) is 11.8 Å². The van der Waals surface area contributed by atoms with Crippen LogP contribution in [0.25, 0.3) is 0 Å². The third-order valence-electron chi connectivity index (χ3n) is 4.61. The minimum atomic E-state index is -0.769. The molecule has 2 aliphatic rings. The van der Waals surface area contributed by atoms with Gasteiger partial charge in [0, 0.05) is 25.7 Å². The summed E-state index contributed by atoms with van der Waals surface area (Å²) < 4.78 is 0. The Bertz CT molecular complexity index is 370. The molecule has 0 aromatic rings. The molecule has 114 valence electrons. The Hall–Kier alpha value is -1.10. The summed E-state index contributed by atoms with van der Waals surface area (Å²) in [5.41, 5.74) is 0. The summed E-state index contributed by atoms with van der Waals surface area (Å²) in [4.78, 5) is 27.8. The van der Waals surface area contributed by atoms with E-state index in [1.54, 1.807) is 4.90 Å². The van der Waals surface area contributed by atoms with E-state index in [1.807, 2.05) is 0 Å². The van der Waals surface area contributed by atoms with Crippen molar-refractivity contribution in [2.24, 2.45) is 11.8 Å². The Morgan fingerprint density at radius 3 is 2.35 bits per heavy atom. The third-order valence-corrected chi connectivity index (χ3v) is 4.61. The molecule has 0 unspecified atom stereocenters. The van der Waals surface area contributed by atoms with Crippen LogP contribution >= 0.6 is 0 Å².